The molecule has 6 nitrogen and oxygen atoms in total. The van der Waals surface area contributed by atoms with Crippen LogP contribution in [0.1, 0.15) is 11.1 Å². The Labute approximate surface area is 135 Å². The molecule has 0 saturated carbocycles. The Hall–Kier alpha value is -3.60. The highest BCUT2D eigenvalue weighted by Crippen LogP contribution is 2.40. The highest BCUT2D eigenvalue weighted by atomic mass is 19.4. The summed E-state index contributed by atoms with van der Waals surface area (Å²) in [5, 5.41) is 18.2. The minimum Gasteiger partial charge on any atom is -0.405 e. The molecule has 0 bridgehead atoms. The molecular formula is C14H5F5N4O2. The van der Waals surface area contributed by atoms with E-state index in [1.807, 2.05) is 4.98 Å². The molecule has 1 aromatic carbocycles. The Morgan fingerprint density at radius 2 is 1.68 bits per heavy atom. The number of aromatic nitrogens is 1. The lowest BCUT2D eigenvalue weighted by Gasteiger charge is -2.16. The molecule has 0 atom stereocenters. The maximum Gasteiger partial charge on any atom is 0.573 e. The average molecular weight is 356 g/mol. The number of benzene rings is 1. The number of H-pyrrole nitrogens is 1. The number of ether oxygens (including phenoxy) is 1. The predicted octanol–water partition coefficient (Wildman–Crippen LogP) is 2.54. The van der Waals surface area contributed by atoms with E-state index in [-0.39, 0.29) is 0 Å². The zero-order valence-electron chi connectivity index (χ0n) is 11.8. The van der Waals surface area contributed by atoms with Gasteiger partial charge >= 0.3 is 6.36 Å². The van der Waals surface area contributed by atoms with Crippen molar-refractivity contribution in [2.75, 3.05) is 5.73 Å². The molecule has 1 heterocycles. The Morgan fingerprint density at radius 3 is 2.20 bits per heavy atom. The van der Waals surface area contributed by atoms with Crippen LogP contribution in [0, 0.1) is 34.3 Å². The second-order valence-corrected chi connectivity index (χ2v) is 4.50. The molecule has 0 amide bonds. The topological polar surface area (TPSA) is 116 Å². The van der Waals surface area contributed by atoms with Crippen molar-refractivity contribution in [3.63, 3.8) is 0 Å². The van der Waals surface area contributed by atoms with Gasteiger partial charge in [0.05, 0.1) is 5.56 Å². The van der Waals surface area contributed by atoms with E-state index in [0.717, 1.165) is 0 Å². The van der Waals surface area contributed by atoms with E-state index in [4.69, 9.17) is 16.3 Å². The number of hydrogen-bond acceptors (Lipinski definition) is 5. The zero-order valence-corrected chi connectivity index (χ0v) is 11.8. The Kier molecular flexibility index (Phi) is 4.35. The summed E-state index contributed by atoms with van der Waals surface area (Å²) < 4.78 is 69.0. The van der Waals surface area contributed by atoms with Crippen LogP contribution in [0.15, 0.2) is 16.9 Å². The molecule has 0 spiro atoms. The van der Waals surface area contributed by atoms with Crippen LogP contribution >= 0.6 is 0 Å². The number of nitrogens with zero attached hydrogens (tertiary/aromatic N) is 2. The molecule has 0 saturated heterocycles. The number of anilines is 1. The van der Waals surface area contributed by atoms with Gasteiger partial charge in [-0.1, -0.05) is 0 Å². The van der Waals surface area contributed by atoms with Crippen molar-refractivity contribution in [1.82, 2.24) is 4.98 Å². The molecule has 0 unspecified atom stereocenters. The third-order valence-electron chi connectivity index (χ3n) is 3.00. The molecule has 1 aromatic heterocycles. The number of nitrogen functional groups attached to an aromatic ring is 1. The molecule has 25 heavy (non-hydrogen) atoms. The molecular weight excluding hydrogens is 351 g/mol. The van der Waals surface area contributed by atoms with Gasteiger partial charge in [-0.3, -0.25) is 4.79 Å². The number of nitrogens with one attached hydrogen (secondary N) is 1. The van der Waals surface area contributed by atoms with Crippen molar-refractivity contribution in [3.8, 4) is 29.0 Å². The fourth-order valence-corrected chi connectivity index (χ4v) is 2.07. The minimum atomic E-state index is -5.29. The average Bonchev–Trinajstić information content (AvgIpc) is 2.49. The predicted molar refractivity (Wildman–Crippen MR) is 72.9 cm³/mol. The summed E-state index contributed by atoms with van der Waals surface area (Å²) >= 11 is 0. The molecule has 0 aliphatic heterocycles. The fraction of sp³-hybridized carbons (Fsp3) is 0.0714. The summed E-state index contributed by atoms with van der Waals surface area (Å²) in [6.45, 7) is 0. The first kappa shape index (κ1) is 17.7. The molecule has 0 fully saturated rings. The van der Waals surface area contributed by atoms with Crippen molar-refractivity contribution >= 4 is 5.82 Å². The second-order valence-electron chi connectivity index (χ2n) is 4.50. The van der Waals surface area contributed by atoms with Crippen molar-refractivity contribution in [3.05, 3.63) is 45.2 Å². The Morgan fingerprint density at radius 1 is 1.08 bits per heavy atom. The summed E-state index contributed by atoms with van der Waals surface area (Å²) in [6, 6.07) is 3.55. The second kappa shape index (κ2) is 6.13. The molecule has 0 aliphatic rings. The van der Waals surface area contributed by atoms with Crippen LogP contribution in [-0.4, -0.2) is 11.3 Å². The monoisotopic (exact) mass is 356 g/mol. The molecule has 128 valence electrons. The Balaban J connectivity index is 3.02. The van der Waals surface area contributed by atoms with Crippen LogP contribution in [0.5, 0.6) is 5.75 Å². The SMILES string of the molecule is N#Cc1c(N)[nH]c(=O)c(C#N)c1-c1c(OC(F)(F)F)ccc(F)c1F. The number of rotatable bonds is 2. The van der Waals surface area contributed by atoms with E-state index in [2.05, 4.69) is 4.74 Å². The summed E-state index contributed by atoms with van der Waals surface area (Å²) in [4.78, 5) is 13.7. The van der Waals surface area contributed by atoms with Gasteiger partial charge in [0.25, 0.3) is 5.56 Å². The van der Waals surface area contributed by atoms with Gasteiger partial charge in [0.1, 0.15) is 34.8 Å². The number of aromatic amines is 1. The lowest BCUT2D eigenvalue weighted by Crippen LogP contribution is -2.20. The number of alkyl halides is 3. The summed E-state index contributed by atoms with van der Waals surface area (Å²) in [7, 11) is 0. The lowest BCUT2D eigenvalue weighted by atomic mass is 9.95. The van der Waals surface area contributed by atoms with Crippen molar-refractivity contribution in [2.24, 2.45) is 0 Å². The standard InChI is InChI=1S/C14H5F5N4O2/c15-7-1-2-8(25-14(17,18)19)10(11(7)16)9-5(3-20)12(22)23-13(24)6(9)4-21/h1-2H,(H3,22,23,24). The number of halogens is 5. The van der Waals surface area contributed by atoms with Crippen LogP contribution < -0.4 is 16.0 Å². The number of hydrogen-bond donors (Lipinski definition) is 2. The molecule has 0 radical (unpaired) electrons. The van der Waals surface area contributed by atoms with Gasteiger partial charge in [0.2, 0.25) is 0 Å². The van der Waals surface area contributed by atoms with Crippen LogP contribution in [0.25, 0.3) is 11.1 Å². The summed E-state index contributed by atoms with van der Waals surface area (Å²) in [6.07, 6.45) is -5.29. The number of nitrogens with two attached hydrogens (primary N) is 1. The van der Waals surface area contributed by atoms with Crippen molar-refractivity contribution < 1.29 is 26.7 Å². The molecule has 2 rings (SSSR count). The summed E-state index contributed by atoms with van der Waals surface area (Å²) in [5.74, 6) is -5.32. The Bertz CT molecular complexity index is 999. The maximum absolute atomic E-state index is 14.2. The molecule has 2 aromatic rings. The fourth-order valence-electron chi connectivity index (χ4n) is 2.07. The normalized spacial score (nSPS) is 10.8. The van der Waals surface area contributed by atoms with Crippen LogP contribution in [0.4, 0.5) is 27.8 Å². The third-order valence-corrected chi connectivity index (χ3v) is 3.00. The zero-order chi connectivity index (χ0) is 18.9. The smallest absolute Gasteiger partial charge is 0.405 e. The first-order valence-corrected chi connectivity index (χ1v) is 6.20. The van der Waals surface area contributed by atoms with Gasteiger partial charge in [0, 0.05) is 5.56 Å². The quantitative estimate of drug-likeness (QED) is 0.802. The van der Waals surface area contributed by atoms with Crippen LogP contribution in [-0.2, 0) is 0 Å². The lowest BCUT2D eigenvalue weighted by molar-refractivity contribution is -0.274. The van der Waals surface area contributed by atoms with Crippen LogP contribution in [0.3, 0.4) is 0 Å². The van der Waals surface area contributed by atoms with E-state index in [9.17, 15) is 26.7 Å². The van der Waals surface area contributed by atoms with Crippen molar-refractivity contribution in [2.45, 2.75) is 6.36 Å². The van der Waals surface area contributed by atoms with E-state index in [0.29, 0.717) is 12.1 Å². The van der Waals surface area contributed by atoms with Crippen molar-refractivity contribution in [1.29, 1.82) is 10.5 Å². The maximum atomic E-state index is 14.2. The molecule has 0 aliphatic carbocycles. The van der Waals surface area contributed by atoms with E-state index >= 15 is 0 Å². The largest absolute Gasteiger partial charge is 0.573 e. The first-order chi connectivity index (χ1) is 11.6. The number of nitriles is 2. The van der Waals surface area contributed by atoms with Gasteiger partial charge in [-0.25, -0.2) is 8.78 Å². The van der Waals surface area contributed by atoms with Gasteiger partial charge in [-0.05, 0) is 12.1 Å². The highest BCUT2D eigenvalue weighted by molar-refractivity contribution is 5.83. The van der Waals surface area contributed by atoms with Gasteiger partial charge in [0.15, 0.2) is 11.6 Å². The first-order valence-electron chi connectivity index (χ1n) is 6.20. The molecule has 11 heteroatoms. The van der Waals surface area contributed by atoms with Gasteiger partial charge in [-0.2, -0.15) is 10.5 Å². The van der Waals surface area contributed by atoms with Crippen LogP contribution in [0.2, 0.25) is 0 Å². The molecule has 3 N–H and O–H groups in total. The third kappa shape index (κ3) is 3.21. The van der Waals surface area contributed by atoms with E-state index in [1.165, 1.54) is 12.1 Å². The number of pyridine rings is 1. The van der Waals surface area contributed by atoms with Gasteiger partial charge in [-0.15, -0.1) is 13.2 Å². The minimum absolute atomic E-state index is 0.356. The highest BCUT2D eigenvalue weighted by Gasteiger charge is 2.35. The van der Waals surface area contributed by atoms with Gasteiger partial charge < -0.3 is 15.5 Å². The van der Waals surface area contributed by atoms with E-state index < -0.39 is 57.4 Å². The van der Waals surface area contributed by atoms with E-state index in [1.54, 1.807) is 0 Å². The summed E-state index contributed by atoms with van der Waals surface area (Å²) in [5.41, 5.74) is 0.431.